The third kappa shape index (κ3) is 3.10. The molecule has 0 aliphatic rings. The number of alkyl halides is 2. The minimum atomic E-state index is -2.74. The van der Waals surface area contributed by atoms with Gasteiger partial charge in [-0.3, -0.25) is 0 Å². The number of hydrogen-bond acceptors (Lipinski definition) is 1. The Morgan fingerprint density at radius 2 is 1.86 bits per heavy atom. The fourth-order valence-electron chi connectivity index (χ4n) is 1.14. The molecule has 0 amide bonds. The molecule has 0 heterocycles. The van der Waals surface area contributed by atoms with Gasteiger partial charge in [0.25, 0.3) is 0 Å². The summed E-state index contributed by atoms with van der Waals surface area (Å²) in [6.07, 6.45) is 0. The van der Waals surface area contributed by atoms with Gasteiger partial charge < -0.3 is 4.74 Å². The highest BCUT2D eigenvalue weighted by Crippen LogP contribution is 2.13. The third-order valence-corrected chi connectivity index (χ3v) is 3.97. The van der Waals surface area contributed by atoms with Crippen molar-refractivity contribution in [2.75, 3.05) is 0 Å². The minimum absolute atomic E-state index is 0.250. The zero-order valence-corrected chi connectivity index (χ0v) is 9.55. The second kappa shape index (κ2) is 4.08. The lowest BCUT2D eigenvalue weighted by Gasteiger charge is -2.17. The van der Waals surface area contributed by atoms with Crippen molar-refractivity contribution in [3.05, 3.63) is 24.3 Å². The molecule has 0 saturated carbocycles. The fourth-order valence-corrected chi connectivity index (χ4v) is 2.31. The summed E-state index contributed by atoms with van der Waals surface area (Å²) >= 11 is 0. The highest BCUT2D eigenvalue weighted by molar-refractivity contribution is 6.88. The molecule has 4 heteroatoms. The minimum Gasteiger partial charge on any atom is -0.435 e. The van der Waals surface area contributed by atoms with Crippen molar-refractivity contribution in [3.63, 3.8) is 0 Å². The quantitative estimate of drug-likeness (QED) is 0.706. The fraction of sp³-hybridized carbons (Fsp3) is 0.400. The van der Waals surface area contributed by atoms with Crippen molar-refractivity contribution >= 4 is 13.3 Å². The summed E-state index contributed by atoms with van der Waals surface area (Å²) in [5.74, 6) is 0.250. The van der Waals surface area contributed by atoms with Gasteiger partial charge >= 0.3 is 6.61 Å². The molecule has 0 saturated heterocycles. The van der Waals surface area contributed by atoms with E-state index in [1.54, 1.807) is 18.2 Å². The lowest BCUT2D eigenvalue weighted by Crippen LogP contribution is -2.37. The zero-order valence-electron chi connectivity index (χ0n) is 8.55. The van der Waals surface area contributed by atoms with E-state index in [-0.39, 0.29) is 5.75 Å². The standard InChI is InChI=1S/C10H14F2OSi/c1-14(2,3)9-6-4-5-8(7-9)13-10(11)12/h4-7,10H,1-3H3. The molecule has 0 spiro atoms. The van der Waals surface area contributed by atoms with Gasteiger partial charge in [-0.05, 0) is 12.1 Å². The molecular formula is C10H14F2OSi. The first-order valence-electron chi connectivity index (χ1n) is 4.45. The predicted octanol–water partition coefficient (Wildman–Crippen LogP) is 2.83. The topological polar surface area (TPSA) is 9.23 Å². The normalized spacial score (nSPS) is 11.9. The van der Waals surface area contributed by atoms with Crippen LogP contribution in [0, 0.1) is 0 Å². The second-order valence-corrected chi connectivity index (χ2v) is 9.23. The van der Waals surface area contributed by atoms with E-state index in [2.05, 4.69) is 24.4 Å². The van der Waals surface area contributed by atoms with E-state index in [9.17, 15) is 8.78 Å². The number of ether oxygens (including phenoxy) is 1. The number of halogens is 2. The number of benzene rings is 1. The number of rotatable bonds is 3. The van der Waals surface area contributed by atoms with Crippen molar-refractivity contribution in [3.8, 4) is 5.75 Å². The van der Waals surface area contributed by atoms with Crippen LogP contribution in [-0.4, -0.2) is 14.7 Å². The molecule has 0 aliphatic heterocycles. The first kappa shape index (κ1) is 11.2. The number of hydrogen-bond donors (Lipinski definition) is 0. The van der Waals surface area contributed by atoms with Gasteiger partial charge in [-0.2, -0.15) is 8.78 Å². The van der Waals surface area contributed by atoms with Crippen molar-refractivity contribution in [2.24, 2.45) is 0 Å². The van der Waals surface area contributed by atoms with Crippen LogP contribution >= 0.6 is 0 Å². The van der Waals surface area contributed by atoms with Crippen LogP contribution in [0.5, 0.6) is 5.75 Å². The van der Waals surface area contributed by atoms with Crippen molar-refractivity contribution in [2.45, 2.75) is 26.3 Å². The van der Waals surface area contributed by atoms with Crippen LogP contribution in [0.25, 0.3) is 0 Å². The molecule has 1 aromatic rings. The summed E-state index contributed by atoms with van der Waals surface area (Å²) in [5, 5.41) is 1.12. The highest BCUT2D eigenvalue weighted by Gasteiger charge is 2.17. The van der Waals surface area contributed by atoms with Crippen LogP contribution in [0.2, 0.25) is 19.6 Å². The van der Waals surface area contributed by atoms with Gasteiger partial charge in [0.15, 0.2) is 0 Å². The molecule has 0 aliphatic carbocycles. The monoisotopic (exact) mass is 216 g/mol. The van der Waals surface area contributed by atoms with E-state index < -0.39 is 14.7 Å². The Morgan fingerprint density at radius 1 is 1.21 bits per heavy atom. The van der Waals surface area contributed by atoms with Gasteiger partial charge in [0, 0.05) is 0 Å². The van der Waals surface area contributed by atoms with Gasteiger partial charge in [-0.15, -0.1) is 0 Å². The smallest absolute Gasteiger partial charge is 0.387 e. The Morgan fingerprint density at radius 3 is 2.36 bits per heavy atom. The SMILES string of the molecule is C[Si](C)(C)c1cccc(OC(F)F)c1. The second-order valence-electron chi connectivity index (χ2n) is 4.16. The van der Waals surface area contributed by atoms with Crippen LogP contribution in [-0.2, 0) is 0 Å². The maximum absolute atomic E-state index is 11.9. The van der Waals surface area contributed by atoms with Gasteiger partial charge in [0.1, 0.15) is 5.75 Å². The average Bonchev–Trinajstić information content (AvgIpc) is 2.01. The zero-order chi connectivity index (χ0) is 10.8. The van der Waals surface area contributed by atoms with Gasteiger partial charge in [-0.25, -0.2) is 0 Å². The van der Waals surface area contributed by atoms with E-state index in [0.717, 1.165) is 5.19 Å². The Bertz CT molecular complexity index is 307. The molecular weight excluding hydrogens is 202 g/mol. The van der Waals surface area contributed by atoms with E-state index >= 15 is 0 Å². The molecule has 78 valence electrons. The van der Waals surface area contributed by atoms with Crippen LogP contribution in [0.4, 0.5) is 8.78 Å². The molecule has 0 radical (unpaired) electrons. The molecule has 1 nitrogen and oxygen atoms in total. The van der Waals surface area contributed by atoms with Crippen molar-refractivity contribution in [1.29, 1.82) is 0 Å². The first-order valence-corrected chi connectivity index (χ1v) is 7.95. The molecule has 0 N–H and O–H groups in total. The van der Waals surface area contributed by atoms with Gasteiger partial charge in [0.05, 0.1) is 8.07 Å². The summed E-state index contributed by atoms with van der Waals surface area (Å²) in [4.78, 5) is 0. The maximum atomic E-state index is 11.9. The molecule has 14 heavy (non-hydrogen) atoms. The third-order valence-electron chi connectivity index (χ3n) is 1.93. The average molecular weight is 216 g/mol. The van der Waals surface area contributed by atoms with Crippen molar-refractivity contribution < 1.29 is 13.5 Å². The van der Waals surface area contributed by atoms with Crippen LogP contribution in [0.1, 0.15) is 0 Å². The summed E-state index contributed by atoms with van der Waals surface area (Å²) in [6.45, 7) is 3.74. The molecule has 0 atom stereocenters. The largest absolute Gasteiger partial charge is 0.435 e. The summed E-state index contributed by atoms with van der Waals surface area (Å²) in [7, 11) is -1.44. The highest BCUT2D eigenvalue weighted by atomic mass is 28.3. The molecule has 1 aromatic carbocycles. The van der Waals surface area contributed by atoms with E-state index in [0.29, 0.717) is 0 Å². The van der Waals surface area contributed by atoms with Crippen LogP contribution < -0.4 is 9.92 Å². The lowest BCUT2D eigenvalue weighted by atomic mass is 10.3. The van der Waals surface area contributed by atoms with E-state index in [4.69, 9.17) is 0 Å². The van der Waals surface area contributed by atoms with Crippen molar-refractivity contribution in [1.82, 2.24) is 0 Å². The first-order chi connectivity index (χ1) is 6.39. The summed E-state index contributed by atoms with van der Waals surface area (Å²) in [5.41, 5.74) is 0. The van der Waals surface area contributed by atoms with E-state index in [1.165, 1.54) is 0 Å². The maximum Gasteiger partial charge on any atom is 0.387 e. The Hall–Kier alpha value is -0.903. The summed E-state index contributed by atoms with van der Waals surface area (Å²) < 4.78 is 28.2. The molecule has 0 bridgehead atoms. The molecule has 0 unspecified atom stereocenters. The summed E-state index contributed by atoms with van der Waals surface area (Å²) in [6, 6.07) is 6.98. The van der Waals surface area contributed by atoms with Crippen LogP contribution in [0.15, 0.2) is 24.3 Å². The predicted molar refractivity (Wildman–Crippen MR) is 56.1 cm³/mol. The molecule has 0 fully saturated rings. The molecule has 1 rings (SSSR count). The Labute approximate surface area is 83.7 Å². The Balaban J connectivity index is 2.90. The molecule has 0 aromatic heterocycles. The van der Waals surface area contributed by atoms with Crippen LogP contribution in [0.3, 0.4) is 0 Å². The van der Waals surface area contributed by atoms with E-state index in [1.807, 2.05) is 6.07 Å². The van der Waals surface area contributed by atoms with Gasteiger partial charge in [0.2, 0.25) is 0 Å². The lowest BCUT2D eigenvalue weighted by molar-refractivity contribution is -0.0497. The Kier molecular flexibility index (Phi) is 3.26. The van der Waals surface area contributed by atoms with Gasteiger partial charge in [-0.1, -0.05) is 37.0 Å².